The van der Waals surface area contributed by atoms with E-state index in [-0.39, 0.29) is 13.2 Å². The van der Waals surface area contributed by atoms with Gasteiger partial charge in [0.15, 0.2) is 0 Å². The Morgan fingerprint density at radius 1 is 0.556 bits per heavy atom. The van der Waals surface area contributed by atoms with Gasteiger partial charge in [0.25, 0.3) is 0 Å². The van der Waals surface area contributed by atoms with Crippen LogP contribution in [0.2, 0.25) is 0 Å². The Bertz CT molecular complexity index is 731. The third kappa shape index (κ3) is 13.5. The summed E-state index contributed by atoms with van der Waals surface area (Å²) in [5, 5.41) is 17.3. The van der Waals surface area contributed by atoms with Crippen molar-refractivity contribution >= 4 is 0 Å². The summed E-state index contributed by atoms with van der Waals surface area (Å²) in [5.41, 5.74) is 5.31. The third-order valence-electron chi connectivity index (χ3n) is 6.21. The van der Waals surface area contributed by atoms with Crippen molar-refractivity contribution in [3.05, 3.63) is 70.8 Å². The van der Waals surface area contributed by atoms with Crippen molar-refractivity contribution in [2.75, 3.05) is 52.9 Å². The molecule has 4 rings (SSSR count). The van der Waals surface area contributed by atoms with Crippen LogP contribution < -0.4 is 0 Å². The zero-order chi connectivity index (χ0) is 25.3. The molecule has 0 bridgehead atoms. The molecule has 2 aliphatic rings. The molecule has 200 valence electrons. The van der Waals surface area contributed by atoms with Crippen LogP contribution in [0.1, 0.15) is 47.9 Å². The van der Waals surface area contributed by atoms with E-state index < -0.39 is 0 Å². The first-order chi connectivity index (χ1) is 17.8. The van der Waals surface area contributed by atoms with Crippen LogP contribution in [0.5, 0.6) is 0 Å². The van der Waals surface area contributed by atoms with Gasteiger partial charge in [0.05, 0.1) is 26.4 Å². The van der Waals surface area contributed by atoms with Gasteiger partial charge in [0.2, 0.25) is 0 Å². The predicted molar refractivity (Wildman–Crippen MR) is 141 cm³/mol. The largest absolute Gasteiger partial charge is 0.396 e. The Kier molecular flexibility index (Phi) is 14.1. The van der Waals surface area contributed by atoms with E-state index in [1.807, 2.05) is 0 Å². The van der Waals surface area contributed by atoms with Gasteiger partial charge in [-0.3, -0.25) is 0 Å². The van der Waals surface area contributed by atoms with Crippen LogP contribution in [0, 0.1) is 0 Å². The summed E-state index contributed by atoms with van der Waals surface area (Å²) in [6.07, 6.45) is 8.60. The average molecular weight is 501 g/mol. The fourth-order valence-electron chi connectivity index (χ4n) is 3.83. The zero-order valence-corrected chi connectivity index (χ0v) is 21.6. The van der Waals surface area contributed by atoms with E-state index in [2.05, 4.69) is 48.5 Å². The summed E-state index contributed by atoms with van der Waals surface area (Å²) in [5.74, 6) is 0. The van der Waals surface area contributed by atoms with Crippen molar-refractivity contribution in [2.24, 2.45) is 0 Å². The van der Waals surface area contributed by atoms with Crippen molar-refractivity contribution in [2.45, 2.75) is 63.6 Å². The molecule has 0 spiro atoms. The van der Waals surface area contributed by atoms with Crippen molar-refractivity contribution in [1.82, 2.24) is 0 Å². The SMILES string of the molecule is OCCCc1ccc(CCCO)cc1.c1cc(CCCOCC2CO2)ccc1CCCOCC1CO1. The molecule has 2 aromatic carbocycles. The van der Waals surface area contributed by atoms with Crippen LogP contribution >= 0.6 is 0 Å². The molecule has 2 fully saturated rings. The standard InChI is InChI=1S/C18H26O4.C12H18O2/c1(9-19-11-17-13-21-17)3-15-5-7-16(8-6-15)4-2-10-20-12-18-14-22-18;13-9-1-3-11-5-7-12(8-6-11)4-2-10-14/h5-8,17-18H,1-4,9-14H2;5-8,13-14H,1-4,9-10H2. The summed E-state index contributed by atoms with van der Waals surface area (Å²) < 4.78 is 21.3. The highest BCUT2D eigenvalue weighted by molar-refractivity contribution is 5.23. The van der Waals surface area contributed by atoms with E-state index in [1.165, 1.54) is 22.3 Å². The molecule has 2 N–H and O–H groups in total. The molecule has 2 heterocycles. The van der Waals surface area contributed by atoms with Gasteiger partial charge < -0.3 is 29.2 Å². The minimum absolute atomic E-state index is 0.256. The Morgan fingerprint density at radius 3 is 1.14 bits per heavy atom. The number of hydrogen-bond acceptors (Lipinski definition) is 6. The maximum absolute atomic E-state index is 8.67. The maximum Gasteiger partial charge on any atom is 0.104 e. The molecule has 0 aromatic heterocycles. The summed E-state index contributed by atoms with van der Waals surface area (Å²) in [6.45, 7) is 5.43. The topological polar surface area (TPSA) is 84.0 Å². The van der Waals surface area contributed by atoms with Crippen LogP contribution in [-0.4, -0.2) is 75.3 Å². The van der Waals surface area contributed by atoms with Crippen LogP contribution in [0.3, 0.4) is 0 Å². The number of epoxide rings is 2. The lowest BCUT2D eigenvalue weighted by molar-refractivity contribution is 0.114. The Morgan fingerprint density at radius 2 is 0.861 bits per heavy atom. The van der Waals surface area contributed by atoms with E-state index in [0.29, 0.717) is 12.2 Å². The predicted octanol–water partition coefficient (Wildman–Crippen LogP) is 3.92. The molecule has 2 saturated heterocycles. The fourth-order valence-corrected chi connectivity index (χ4v) is 3.83. The maximum atomic E-state index is 8.67. The Balaban J connectivity index is 0.000000223. The molecule has 2 aliphatic heterocycles. The van der Waals surface area contributed by atoms with E-state index in [1.54, 1.807) is 0 Å². The molecule has 0 saturated carbocycles. The molecule has 2 aromatic rings. The molecular weight excluding hydrogens is 456 g/mol. The van der Waals surface area contributed by atoms with Crippen LogP contribution in [0.15, 0.2) is 48.5 Å². The molecule has 36 heavy (non-hydrogen) atoms. The minimum Gasteiger partial charge on any atom is -0.396 e. The molecule has 0 amide bonds. The fraction of sp³-hybridized carbons (Fsp3) is 0.600. The molecule has 0 radical (unpaired) electrons. The number of aliphatic hydroxyl groups excluding tert-OH is 2. The van der Waals surface area contributed by atoms with Gasteiger partial charge in [0.1, 0.15) is 12.2 Å². The van der Waals surface area contributed by atoms with Gasteiger partial charge in [-0.1, -0.05) is 48.5 Å². The quantitative estimate of drug-likeness (QED) is 0.238. The highest BCUT2D eigenvalue weighted by Gasteiger charge is 2.22. The number of aliphatic hydroxyl groups is 2. The molecule has 2 unspecified atom stereocenters. The van der Waals surface area contributed by atoms with Crippen LogP contribution in [0.25, 0.3) is 0 Å². The summed E-state index contributed by atoms with van der Waals surface area (Å²) in [6, 6.07) is 17.3. The third-order valence-corrected chi connectivity index (χ3v) is 6.21. The van der Waals surface area contributed by atoms with E-state index >= 15 is 0 Å². The van der Waals surface area contributed by atoms with Crippen molar-refractivity contribution < 1.29 is 29.2 Å². The van der Waals surface area contributed by atoms with Crippen molar-refractivity contribution in [1.29, 1.82) is 0 Å². The molecular formula is C30H44O6. The number of ether oxygens (including phenoxy) is 4. The first-order valence-electron chi connectivity index (χ1n) is 13.5. The van der Waals surface area contributed by atoms with Gasteiger partial charge in [0, 0.05) is 26.4 Å². The number of hydrogen-bond donors (Lipinski definition) is 2. The van der Waals surface area contributed by atoms with Crippen molar-refractivity contribution in [3.63, 3.8) is 0 Å². The van der Waals surface area contributed by atoms with E-state index in [4.69, 9.17) is 29.2 Å². The first-order valence-corrected chi connectivity index (χ1v) is 13.5. The van der Waals surface area contributed by atoms with E-state index in [9.17, 15) is 0 Å². The van der Waals surface area contributed by atoms with Crippen LogP contribution in [-0.2, 0) is 44.6 Å². The number of rotatable bonds is 18. The lowest BCUT2D eigenvalue weighted by Gasteiger charge is -2.06. The van der Waals surface area contributed by atoms with Gasteiger partial charge >= 0.3 is 0 Å². The van der Waals surface area contributed by atoms with Gasteiger partial charge in [-0.15, -0.1) is 0 Å². The smallest absolute Gasteiger partial charge is 0.104 e. The first kappa shape index (κ1) is 28.8. The second-order valence-corrected chi connectivity index (χ2v) is 9.55. The van der Waals surface area contributed by atoms with Gasteiger partial charge in [-0.25, -0.2) is 0 Å². The highest BCUT2D eigenvalue weighted by atomic mass is 16.6. The molecule has 2 atom stereocenters. The minimum atomic E-state index is 0.256. The van der Waals surface area contributed by atoms with Gasteiger partial charge in [-0.2, -0.15) is 0 Å². The van der Waals surface area contributed by atoms with Crippen LogP contribution in [0.4, 0.5) is 0 Å². The monoisotopic (exact) mass is 500 g/mol. The highest BCUT2D eigenvalue weighted by Crippen LogP contribution is 2.12. The van der Waals surface area contributed by atoms with E-state index in [0.717, 1.165) is 91.0 Å². The number of benzene rings is 2. The summed E-state index contributed by atoms with van der Waals surface area (Å²) in [4.78, 5) is 0. The van der Waals surface area contributed by atoms with Gasteiger partial charge in [-0.05, 0) is 73.6 Å². The molecule has 0 aliphatic carbocycles. The second kappa shape index (κ2) is 17.6. The average Bonchev–Trinajstić information content (AvgIpc) is 3.84. The van der Waals surface area contributed by atoms with Crippen molar-refractivity contribution in [3.8, 4) is 0 Å². The lowest BCUT2D eigenvalue weighted by Crippen LogP contribution is -2.04. The second-order valence-electron chi connectivity index (χ2n) is 9.55. The summed E-state index contributed by atoms with van der Waals surface area (Å²) in [7, 11) is 0. The normalized spacial score (nSPS) is 17.9. The summed E-state index contributed by atoms with van der Waals surface area (Å²) >= 11 is 0. The zero-order valence-electron chi connectivity index (χ0n) is 21.6. The molecule has 6 nitrogen and oxygen atoms in total. The number of aryl methyl sites for hydroxylation is 4. The Hall–Kier alpha value is -1.80. The molecule has 6 heteroatoms. The Labute approximate surface area is 216 Å². The lowest BCUT2D eigenvalue weighted by atomic mass is 10.0.